The van der Waals surface area contributed by atoms with Gasteiger partial charge in [-0.1, -0.05) is 18.2 Å². The molecule has 0 bridgehead atoms. The third-order valence-corrected chi connectivity index (χ3v) is 3.59. The van der Waals surface area contributed by atoms with Gasteiger partial charge in [-0.3, -0.25) is 4.79 Å². The van der Waals surface area contributed by atoms with Crippen molar-refractivity contribution in [1.29, 1.82) is 0 Å². The second-order valence-electron chi connectivity index (χ2n) is 5.05. The third kappa shape index (κ3) is 3.24. The summed E-state index contributed by atoms with van der Waals surface area (Å²) >= 11 is 0. The summed E-state index contributed by atoms with van der Waals surface area (Å²) in [6.45, 7) is 3.87. The summed E-state index contributed by atoms with van der Waals surface area (Å²) < 4.78 is 10.6. The van der Waals surface area contributed by atoms with Gasteiger partial charge in [-0.15, -0.1) is 0 Å². The van der Waals surface area contributed by atoms with Crippen LogP contribution in [0.2, 0.25) is 0 Å². The van der Waals surface area contributed by atoms with E-state index >= 15 is 0 Å². The van der Waals surface area contributed by atoms with E-state index in [9.17, 15) is 4.79 Å². The minimum Gasteiger partial charge on any atom is -0.496 e. The lowest BCUT2D eigenvalue weighted by Gasteiger charge is -2.12. The number of rotatable bonds is 5. The van der Waals surface area contributed by atoms with Crippen LogP contribution in [0, 0.1) is 13.8 Å². The Bertz CT molecular complexity index is 660. The molecule has 0 saturated heterocycles. The molecular formula is C18H20O3. The van der Waals surface area contributed by atoms with Gasteiger partial charge in [0.15, 0.2) is 5.78 Å². The maximum Gasteiger partial charge on any atom is 0.167 e. The molecule has 0 N–H and O–H groups in total. The number of aryl methyl sites for hydroxylation is 2. The second kappa shape index (κ2) is 6.44. The van der Waals surface area contributed by atoms with Gasteiger partial charge in [0.1, 0.15) is 11.5 Å². The van der Waals surface area contributed by atoms with Crippen LogP contribution in [0.4, 0.5) is 0 Å². The van der Waals surface area contributed by atoms with Gasteiger partial charge in [-0.25, -0.2) is 0 Å². The smallest absolute Gasteiger partial charge is 0.167 e. The molecule has 2 aromatic rings. The Labute approximate surface area is 125 Å². The molecule has 0 radical (unpaired) electrons. The fraction of sp³-hybridized carbons (Fsp3) is 0.278. The molecule has 0 heterocycles. The second-order valence-corrected chi connectivity index (χ2v) is 5.05. The molecule has 0 aliphatic rings. The van der Waals surface area contributed by atoms with Crippen LogP contribution >= 0.6 is 0 Å². The lowest BCUT2D eigenvalue weighted by atomic mass is 9.96. The molecule has 0 spiro atoms. The highest BCUT2D eigenvalue weighted by atomic mass is 16.5. The quantitative estimate of drug-likeness (QED) is 0.784. The Balaban J connectivity index is 2.31. The highest BCUT2D eigenvalue weighted by molar-refractivity contribution is 5.99. The first-order valence-electron chi connectivity index (χ1n) is 6.87. The normalized spacial score (nSPS) is 10.3. The molecule has 2 aromatic carbocycles. The molecule has 110 valence electrons. The van der Waals surface area contributed by atoms with E-state index in [1.54, 1.807) is 14.2 Å². The molecule has 0 unspecified atom stereocenters. The van der Waals surface area contributed by atoms with Crippen molar-refractivity contribution < 1.29 is 14.3 Å². The molecule has 0 aliphatic heterocycles. The fourth-order valence-corrected chi connectivity index (χ4v) is 2.43. The lowest BCUT2D eigenvalue weighted by Crippen LogP contribution is -2.07. The molecule has 0 atom stereocenters. The Kier molecular flexibility index (Phi) is 4.63. The molecule has 2 rings (SSSR count). The van der Waals surface area contributed by atoms with Crippen LogP contribution < -0.4 is 9.47 Å². The summed E-state index contributed by atoms with van der Waals surface area (Å²) in [5.41, 5.74) is 3.53. The SMILES string of the molecule is COc1cc(C)c(C(=O)Cc2ccccc2OC)cc1C. The number of hydrogen-bond donors (Lipinski definition) is 0. The summed E-state index contributed by atoms with van der Waals surface area (Å²) in [7, 11) is 3.25. The Hall–Kier alpha value is -2.29. The van der Waals surface area contributed by atoms with Crippen LogP contribution in [-0.4, -0.2) is 20.0 Å². The zero-order chi connectivity index (χ0) is 15.4. The number of ketones is 1. The number of para-hydroxylation sites is 1. The van der Waals surface area contributed by atoms with Gasteiger partial charge in [0, 0.05) is 17.5 Å². The number of hydrogen-bond acceptors (Lipinski definition) is 3. The molecular weight excluding hydrogens is 264 g/mol. The average Bonchev–Trinajstić information content (AvgIpc) is 2.49. The van der Waals surface area contributed by atoms with Gasteiger partial charge in [-0.05, 0) is 43.2 Å². The van der Waals surface area contributed by atoms with Gasteiger partial charge in [0.2, 0.25) is 0 Å². The predicted octanol–water partition coefficient (Wildman–Crippen LogP) is 3.75. The van der Waals surface area contributed by atoms with Crippen molar-refractivity contribution in [2.24, 2.45) is 0 Å². The Morgan fingerprint density at radius 2 is 1.62 bits per heavy atom. The van der Waals surface area contributed by atoms with Gasteiger partial charge < -0.3 is 9.47 Å². The topological polar surface area (TPSA) is 35.5 Å². The van der Waals surface area contributed by atoms with Crippen LogP contribution in [-0.2, 0) is 6.42 Å². The molecule has 3 heteroatoms. The molecule has 0 saturated carbocycles. The predicted molar refractivity (Wildman–Crippen MR) is 83.5 cm³/mol. The Morgan fingerprint density at radius 1 is 0.952 bits per heavy atom. The molecule has 0 aliphatic carbocycles. The number of carbonyl (C=O) groups is 1. The number of carbonyl (C=O) groups excluding carboxylic acids is 1. The third-order valence-electron chi connectivity index (χ3n) is 3.59. The number of ether oxygens (including phenoxy) is 2. The monoisotopic (exact) mass is 284 g/mol. The van der Waals surface area contributed by atoms with Crippen LogP contribution in [0.15, 0.2) is 36.4 Å². The van der Waals surface area contributed by atoms with Crippen molar-refractivity contribution in [3.05, 3.63) is 58.7 Å². The van der Waals surface area contributed by atoms with E-state index in [0.717, 1.165) is 33.8 Å². The van der Waals surface area contributed by atoms with Gasteiger partial charge >= 0.3 is 0 Å². The summed E-state index contributed by atoms with van der Waals surface area (Å²) in [5, 5.41) is 0. The minimum absolute atomic E-state index is 0.0859. The van der Waals surface area contributed by atoms with Crippen LogP contribution in [0.5, 0.6) is 11.5 Å². The summed E-state index contributed by atoms with van der Waals surface area (Å²) in [5.74, 6) is 1.64. The van der Waals surface area contributed by atoms with Crippen molar-refractivity contribution >= 4 is 5.78 Å². The van der Waals surface area contributed by atoms with Crippen molar-refractivity contribution in [3.63, 3.8) is 0 Å². The first-order valence-corrected chi connectivity index (χ1v) is 6.87. The van der Waals surface area contributed by atoms with Crippen molar-refractivity contribution in [2.75, 3.05) is 14.2 Å². The standard InChI is InChI=1S/C18H20O3/c1-12-10-18(21-4)13(2)9-15(12)16(19)11-14-7-5-6-8-17(14)20-3/h5-10H,11H2,1-4H3. The van der Waals surface area contributed by atoms with E-state index in [1.807, 2.05) is 50.2 Å². The first-order chi connectivity index (χ1) is 10.1. The zero-order valence-corrected chi connectivity index (χ0v) is 12.9. The van der Waals surface area contributed by atoms with Crippen molar-refractivity contribution in [1.82, 2.24) is 0 Å². The van der Waals surface area contributed by atoms with Crippen LogP contribution in [0.3, 0.4) is 0 Å². The zero-order valence-electron chi connectivity index (χ0n) is 12.9. The number of Topliss-reactive ketones (excluding diaryl/α,β-unsaturated/α-hetero) is 1. The average molecular weight is 284 g/mol. The Morgan fingerprint density at radius 3 is 2.29 bits per heavy atom. The van der Waals surface area contributed by atoms with Gasteiger partial charge in [0.25, 0.3) is 0 Å². The molecule has 3 nitrogen and oxygen atoms in total. The highest BCUT2D eigenvalue weighted by Crippen LogP contribution is 2.25. The highest BCUT2D eigenvalue weighted by Gasteiger charge is 2.14. The van der Waals surface area contributed by atoms with E-state index in [-0.39, 0.29) is 5.78 Å². The largest absolute Gasteiger partial charge is 0.496 e. The van der Waals surface area contributed by atoms with Gasteiger partial charge in [-0.2, -0.15) is 0 Å². The first kappa shape index (κ1) is 15.1. The lowest BCUT2D eigenvalue weighted by molar-refractivity contribution is 0.0991. The molecule has 0 amide bonds. The van der Waals surface area contributed by atoms with Crippen LogP contribution in [0.25, 0.3) is 0 Å². The molecule has 21 heavy (non-hydrogen) atoms. The van der Waals surface area contributed by atoms with Crippen molar-refractivity contribution in [2.45, 2.75) is 20.3 Å². The molecule has 0 fully saturated rings. The summed E-state index contributed by atoms with van der Waals surface area (Å²) in [6, 6.07) is 11.4. The maximum atomic E-state index is 12.6. The van der Waals surface area contributed by atoms with Crippen molar-refractivity contribution in [3.8, 4) is 11.5 Å². The minimum atomic E-state index is 0.0859. The number of methoxy groups -OCH3 is 2. The van der Waals surface area contributed by atoms with E-state index in [2.05, 4.69) is 0 Å². The van der Waals surface area contributed by atoms with E-state index < -0.39 is 0 Å². The van der Waals surface area contributed by atoms with E-state index in [0.29, 0.717) is 6.42 Å². The maximum absolute atomic E-state index is 12.6. The van der Waals surface area contributed by atoms with Gasteiger partial charge in [0.05, 0.1) is 14.2 Å². The summed E-state index contributed by atoms with van der Waals surface area (Å²) in [6.07, 6.45) is 0.330. The van der Waals surface area contributed by atoms with E-state index in [4.69, 9.17) is 9.47 Å². The van der Waals surface area contributed by atoms with Crippen LogP contribution in [0.1, 0.15) is 27.0 Å². The molecule has 0 aromatic heterocycles. The van der Waals surface area contributed by atoms with E-state index in [1.165, 1.54) is 0 Å². The summed E-state index contributed by atoms with van der Waals surface area (Å²) in [4.78, 5) is 12.6. The fourth-order valence-electron chi connectivity index (χ4n) is 2.43. The number of benzene rings is 2.